The van der Waals surface area contributed by atoms with E-state index in [-0.39, 0.29) is 30.2 Å². The molecule has 0 radical (unpaired) electrons. The zero-order valence-electron chi connectivity index (χ0n) is 18.4. The van der Waals surface area contributed by atoms with E-state index in [1.807, 2.05) is 36.4 Å². The second-order valence-corrected chi connectivity index (χ2v) is 9.03. The van der Waals surface area contributed by atoms with Crippen LogP contribution >= 0.6 is 15.9 Å². The fourth-order valence-corrected chi connectivity index (χ4v) is 4.54. The molecule has 1 aliphatic rings. The predicted octanol–water partition coefficient (Wildman–Crippen LogP) is 5.40. The quantitative estimate of drug-likeness (QED) is 0.385. The number of hydrogen-bond acceptors (Lipinski definition) is 4. The summed E-state index contributed by atoms with van der Waals surface area (Å²) in [5.74, 6) is -1.62. The van der Waals surface area contributed by atoms with Crippen LogP contribution in [0.4, 0.5) is 10.5 Å². The highest BCUT2D eigenvalue weighted by Crippen LogP contribution is 2.44. The van der Waals surface area contributed by atoms with Gasteiger partial charge in [-0.1, -0.05) is 64.5 Å². The summed E-state index contributed by atoms with van der Waals surface area (Å²) in [6, 6.07) is 20.2. The molecule has 2 amide bonds. The zero-order chi connectivity index (χ0) is 24.2. The molecule has 34 heavy (non-hydrogen) atoms. The number of carbonyl (C=O) groups excluding carboxylic acids is 2. The highest BCUT2D eigenvalue weighted by Gasteiger charge is 2.29. The molecule has 0 saturated heterocycles. The maximum absolute atomic E-state index is 12.4. The van der Waals surface area contributed by atoms with Crippen LogP contribution in [0.25, 0.3) is 11.1 Å². The molecule has 1 unspecified atom stereocenters. The molecule has 0 aromatic heterocycles. The summed E-state index contributed by atoms with van der Waals surface area (Å²) in [7, 11) is 0. The Balaban J connectivity index is 1.32. The summed E-state index contributed by atoms with van der Waals surface area (Å²) in [6.45, 7) is 1.86. The second kappa shape index (κ2) is 10.1. The van der Waals surface area contributed by atoms with Gasteiger partial charge < -0.3 is 20.5 Å². The zero-order valence-corrected chi connectivity index (χ0v) is 20.0. The van der Waals surface area contributed by atoms with Gasteiger partial charge in [0.1, 0.15) is 6.61 Å². The van der Waals surface area contributed by atoms with E-state index < -0.39 is 24.0 Å². The third kappa shape index (κ3) is 5.12. The van der Waals surface area contributed by atoms with E-state index in [0.29, 0.717) is 4.47 Å². The molecule has 174 valence electrons. The van der Waals surface area contributed by atoms with E-state index in [9.17, 15) is 19.5 Å². The van der Waals surface area contributed by atoms with Crippen LogP contribution in [0.2, 0.25) is 0 Å². The molecule has 4 rings (SSSR count). The van der Waals surface area contributed by atoms with Crippen molar-refractivity contribution in [1.29, 1.82) is 0 Å². The maximum Gasteiger partial charge on any atom is 0.407 e. The average molecular weight is 523 g/mol. The Morgan fingerprint density at radius 3 is 2.24 bits per heavy atom. The van der Waals surface area contributed by atoms with Gasteiger partial charge in [-0.3, -0.25) is 4.79 Å². The number of benzene rings is 3. The first-order valence-electron chi connectivity index (χ1n) is 10.8. The molecule has 0 fully saturated rings. The van der Waals surface area contributed by atoms with Gasteiger partial charge in [-0.25, -0.2) is 9.59 Å². The summed E-state index contributed by atoms with van der Waals surface area (Å²) >= 11 is 3.22. The van der Waals surface area contributed by atoms with E-state index >= 15 is 0 Å². The van der Waals surface area contributed by atoms with Crippen molar-refractivity contribution < 1.29 is 24.2 Å². The molecule has 0 aliphatic heterocycles. The second-order valence-electron chi connectivity index (χ2n) is 8.12. The summed E-state index contributed by atoms with van der Waals surface area (Å²) in [6.07, 6.45) is -0.656. The van der Waals surface area contributed by atoms with E-state index in [4.69, 9.17) is 4.74 Å². The molecule has 8 heteroatoms. The monoisotopic (exact) mass is 522 g/mol. The number of carboxylic acids is 1. The maximum atomic E-state index is 12.4. The lowest BCUT2D eigenvalue weighted by molar-refractivity contribution is -0.116. The molecule has 3 aromatic carbocycles. The van der Waals surface area contributed by atoms with Crippen LogP contribution in [-0.2, 0) is 9.53 Å². The Kier molecular flexibility index (Phi) is 6.98. The normalized spacial score (nSPS) is 12.9. The van der Waals surface area contributed by atoms with Crippen molar-refractivity contribution in [3.63, 3.8) is 0 Å². The van der Waals surface area contributed by atoms with Crippen LogP contribution < -0.4 is 10.6 Å². The molecular formula is C26H23BrN2O5. The van der Waals surface area contributed by atoms with Crippen molar-refractivity contribution in [1.82, 2.24) is 5.32 Å². The largest absolute Gasteiger partial charge is 0.478 e. The van der Waals surface area contributed by atoms with E-state index in [0.717, 1.165) is 22.3 Å². The highest BCUT2D eigenvalue weighted by atomic mass is 79.9. The SMILES string of the molecule is CC(CC(=O)Nc1ccc(Br)cc1C(=O)O)NC(=O)OCC1c2ccccc2-c2ccccc21. The van der Waals surface area contributed by atoms with Crippen molar-refractivity contribution in [3.05, 3.63) is 87.9 Å². The van der Waals surface area contributed by atoms with Gasteiger partial charge in [-0.2, -0.15) is 0 Å². The molecule has 7 nitrogen and oxygen atoms in total. The number of amides is 2. The van der Waals surface area contributed by atoms with Crippen molar-refractivity contribution in [2.24, 2.45) is 0 Å². The topological polar surface area (TPSA) is 105 Å². The van der Waals surface area contributed by atoms with E-state index in [1.165, 1.54) is 12.1 Å². The number of carbonyl (C=O) groups is 3. The number of hydrogen-bond donors (Lipinski definition) is 3. The van der Waals surface area contributed by atoms with Crippen molar-refractivity contribution >= 4 is 39.6 Å². The molecule has 0 heterocycles. The lowest BCUT2D eigenvalue weighted by Crippen LogP contribution is -2.36. The summed E-state index contributed by atoms with van der Waals surface area (Å²) < 4.78 is 6.10. The van der Waals surface area contributed by atoms with Gasteiger partial charge in [0, 0.05) is 22.9 Å². The minimum atomic E-state index is -1.15. The molecule has 0 saturated carbocycles. The average Bonchev–Trinajstić information content (AvgIpc) is 3.12. The smallest absolute Gasteiger partial charge is 0.407 e. The Morgan fingerprint density at radius 1 is 1.00 bits per heavy atom. The van der Waals surface area contributed by atoms with Crippen LogP contribution in [0.15, 0.2) is 71.2 Å². The predicted molar refractivity (Wildman–Crippen MR) is 132 cm³/mol. The third-order valence-corrected chi connectivity index (χ3v) is 6.18. The number of halogens is 1. The van der Waals surface area contributed by atoms with Gasteiger partial charge in [0.05, 0.1) is 11.3 Å². The minimum absolute atomic E-state index is 0.0279. The summed E-state index contributed by atoms with van der Waals surface area (Å²) in [5.41, 5.74) is 4.69. The standard InChI is InChI=1S/C26H23BrN2O5/c1-15(12-24(30)29-23-11-10-16(27)13-21(23)25(31)32)28-26(33)34-14-22-19-8-4-2-6-17(19)18-7-3-5-9-20(18)22/h2-11,13,15,22H,12,14H2,1H3,(H,28,33)(H,29,30)(H,31,32). The van der Waals surface area contributed by atoms with Gasteiger partial charge in [0.2, 0.25) is 5.91 Å². The minimum Gasteiger partial charge on any atom is -0.478 e. The molecule has 1 aliphatic carbocycles. The number of aromatic carboxylic acids is 1. The summed E-state index contributed by atoms with van der Waals surface area (Å²) in [5, 5.41) is 14.6. The Hall–Kier alpha value is -3.65. The first kappa shape index (κ1) is 23.5. The van der Waals surface area contributed by atoms with E-state index in [1.54, 1.807) is 13.0 Å². The third-order valence-electron chi connectivity index (χ3n) is 5.69. The van der Waals surface area contributed by atoms with Crippen LogP contribution in [0, 0.1) is 0 Å². The lowest BCUT2D eigenvalue weighted by atomic mass is 9.98. The number of anilines is 1. The number of rotatable bonds is 7. The molecular weight excluding hydrogens is 500 g/mol. The molecule has 3 aromatic rings. The first-order valence-corrected chi connectivity index (χ1v) is 11.6. The Morgan fingerprint density at radius 2 is 1.62 bits per heavy atom. The number of nitrogens with one attached hydrogen (secondary N) is 2. The van der Waals surface area contributed by atoms with Gasteiger partial charge in [0.25, 0.3) is 0 Å². The molecule has 0 bridgehead atoms. The van der Waals surface area contributed by atoms with Gasteiger partial charge in [-0.05, 0) is 47.4 Å². The number of ether oxygens (including phenoxy) is 1. The number of alkyl carbamates (subject to hydrolysis) is 1. The van der Waals surface area contributed by atoms with Crippen molar-refractivity contribution in [3.8, 4) is 11.1 Å². The highest BCUT2D eigenvalue weighted by molar-refractivity contribution is 9.10. The van der Waals surface area contributed by atoms with E-state index in [2.05, 4.69) is 38.7 Å². The Labute approximate surface area is 205 Å². The van der Waals surface area contributed by atoms with Crippen molar-refractivity contribution in [2.75, 3.05) is 11.9 Å². The van der Waals surface area contributed by atoms with Crippen LogP contribution in [0.3, 0.4) is 0 Å². The van der Waals surface area contributed by atoms with Crippen LogP contribution in [-0.4, -0.2) is 35.7 Å². The summed E-state index contributed by atoms with van der Waals surface area (Å²) in [4.78, 5) is 36.2. The first-order chi connectivity index (χ1) is 16.3. The fraction of sp³-hybridized carbons (Fsp3) is 0.192. The van der Waals surface area contributed by atoms with Crippen LogP contribution in [0.1, 0.15) is 40.7 Å². The van der Waals surface area contributed by atoms with Gasteiger partial charge >= 0.3 is 12.1 Å². The van der Waals surface area contributed by atoms with Gasteiger partial charge in [0.15, 0.2) is 0 Å². The fourth-order valence-electron chi connectivity index (χ4n) is 4.17. The molecule has 1 atom stereocenters. The number of carboxylic acid groups (broad SMARTS) is 1. The Bertz CT molecular complexity index is 1210. The number of fused-ring (bicyclic) bond motifs is 3. The van der Waals surface area contributed by atoms with Gasteiger partial charge in [-0.15, -0.1) is 0 Å². The van der Waals surface area contributed by atoms with Crippen molar-refractivity contribution in [2.45, 2.75) is 25.3 Å². The molecule has 0 spiro atoms. The van der Waals surface area contributed by atoms with Crippen LogP contribution in [0.5, 0.6) is 0 Å². The lowest BCUT2D eigenvalue weighted by Gasteiger charge is -2.17. The molecule has 3 N–H and O–H groups in total.